The van der Waals surface area contributed by atoms with Crippen LogP contribution in [0.5, 0.6) is 0 Å². The monoisotopic (exact) mass is 387 g/mol. The van der Waals surface area contributed by atoms with E-state index in [1.165, 1.54) is 35.2 Å². The van der Waals surface area contributed by atoms with E-state index in [-0.39, 0.29) is 0 Å². The molecule has 5 heteroatoms. The molecule has 2 fully saturated rings. The Morgan fingerprint density at radius 3 is 2.31 bits per heavy atom. The van der Waals surface area contributed by atoms with Crippen molar-refractivity contribution in [1.82, 2.24) is 9.97 Å². The van der Waals surface area contributed by atoms with Crippen LogP contribution in [0.2, 0.25) is 0 Å². The summed E-state index contributed by atoms with van der Waals surface area (Å²) in [6.07, 6.45) is 2.45. The van der Waals surface area contributed by atoms with E-state index in [0.717, 1.165) is 43.3 Å². The molecule has 1 aliphatic heterocycles. The third-order valence-electron chi connectivity index (χ3n) is 6.17. The number of anilines is 3. The van der Waals surface area contributed by atoms with Gasteiger partial charge in [0.05, 0.1) is 5.52 Å². The predicted molar refractivity (Wildman–Crippen MR) is 121 cm³/mol. The van der Waals surface area contributed by atoms with Crippen LogP contribution in [0.4, 0.5) is 17.2 Å². The number of piperazine rings is 1. The molecule has 1 aromatic heterocycles. The molecule has 0 unspecified atom stereocenters. The van der Waals surface area contributed by atoms with Crippen molar-refractivity contribution in [2.45, 2.75) is 25.7 Å². The lowest BCUT2D eigenvalue weighted by molar-refractivity contribution is 0.646. The van der Waals surface area contributed by atoms with E-state index in [4.69, 9.17) is 9.97 Å². The first-order valence-electron chi connectivity index (χ1n) is 10.6. The second kappa shape index (κ2) is 7.21. The summed E-state index contributed by atoms with van der Waals surface area (Å²) in [5.41, 5.74) is 4.97. The van der Waals surface area contributed by atoms with Gasteiger partial charge in [0.1, 0.15) is 11.6 Å². The number of fused-ring (bicyclic) bond motifs is 1. The van der Waals surface area contributed by atoms with Gasteiger partial charge in [0.15, 0.2) is 0 Å². The fourth-order valence-corrected chi connectivity index (χ4v) is 4.24. The maximum Gasteiger partial charge on any atom is 0.140 e. The number of hydrogen-bond acceptors (Lipinski definition) is 5. The minimum absolute atomic E-state index is 0.555. The molecule has 0 N–H and O–H groups in total. The Hall–Kier alpha value is -2.82. The molecule has 5 nitrogen and oxygen atoms in total. The third-order valence-corrected chi connectivity index (χ3v) is 6.17. The molecular formula is C24H29N5. The van der Waals surface area contributed by atoms with Crippen molar-refractivity contribution in [3.8, 4) is 0 Å². The van der Waals surface area contributed by atoms with Crippen LogP contribution in [0.3, 0.4) is 0 Å². The van der Waals surface area contributed by atoms with E-state index < -0.39 is 0 Å². The lowest BCUT2D eigenvalue weighted by Crippen LogP contribution is -2.47. The smallest absolute Gasteiger partial charge is 0.140 e. The number of hydrogen-bond donors (Lipinski definition) is 0. The Bertz CT molecular complexity index is 1030. The predicted octanol–water partition coefficient (Wildman–Crippen LogP) is 4.21. The number of para-hydroxylation sites is 1. The van der Waals surface area contributed by atoms with E-state index in [9.17, 15) is 0 Å². The van der Waals surface area contributed by atoms with E-state index in [0.29, 0.717) is 5.92 Å². The van der Waals surface area contributed by atoms with Gasteiger partial charge in [-0.1, -0.05) is 18.2 Å². The quantitative estimate of drug-likeness (QED) is 0.670. The van der Waals surface area contributed by atoms with Crippen molar-refractivity contribution in [3.05, 3.63) is 53.9 Å². The summed E-state index contributed by atoms with van der Waals surface area (Å²) in [5.74, 6) is 2.71. The molecule has 1 saturated carbocycles. The van der Waals surface area contributed by atoms with Crippen molar-refractivity contribution in [2.24, 2.45) is 0 Å². The molecule has 2 aliphatic rings. The molecule has 3 aromatic rings. The number of rotatable bonds is 4. The van der Waals surface area contributed by atoms with Gasteiger partial charge in [0.2, 0.25) is 0 Å². The van der Waals surface area contributed by atoms with E-state index >= 15 is 0 Å². The van der Waals surface area contributed by atoms with Gasteiger partial charge in [-0.3, -0.25) is 0 Å². The number of benzene rings is 2. The summed E-state index contributed by atoms with van der Waals surface area (Å²) in [6, 6.07) is 15.2. The van der Waals surface area contributed by atoms with Gasteiger partial charge >= 0.3 is 0 Å². The SMILES string of the molecule is Cc1ccccc1N1CCN(c2nc(C3CC3)nc3ccc(N(C)C)cc23)CC1. The van der Waals surface area contributed by atoms with Gasteiger partial charge in [0.25, 0.3) is 0 Å². The van der Waals surface area contributed by atoms with Crippen molar-refractivity contribution < 1.29 is 0 Å². The minimum atomic E-state index is 0.555. The standard InChI is InChI=1S/C24H29N5/c1-17-6-4-5-7-22(17)28-12-14-29(15-13-28)24-20-16-19(27(2)3)10-11-21(20)25-23(26-24)18-8-9-18/h4-7,10-11,16,18H,8-9,12-15H2,1-3H3. The lowest BCUT2D eigenvalue weighted by atomic mass is 10.1. The Kier molecular flexibility index (Phi) is 4.53. The maximum atomic E-state index is 5.08. The van der Waals surface area contributed by atoms with Crippen molar-refractivity contribution >= 4 is 28.1 Å². The van der Waals surface area contributed by atoms with Gasteiger partial charge in [-0.15, -0.1) is 0 Å². The molecule has 5 rings (SSSR count). The Morgan fingerprint density at radius 1 is 0.897 bits per heavy atom. The fourth-order valence-electron chi connectivity index (χ4n) is 4.24. The van der Waals surface area contributed by atoms with Crippen LogP contribution < -0.4 is 14.7 Å². The topological polar surface area (TPSA) is 35.5 Å². The van der Waals surface area contributed by atoms with Crippen molar-refractivity contribution in [1.29, 1.82) is 0 Å². The molecule has 0 spiro atoms. The molecule has 0 amide bonds. The molecule has 29 heavy (non-hydrogen) atoms. The zero-order valence-corrected chi connectivity index (χ0v) is 17.6. The van der Waals surface area contributed by atoms with Crippen LogP contribution in [0.15, 0.2) is 42.5 Å². The molecule has 1 saturated heterocycles. The van der Waals surface area contributed by atoms with Crippen LogP contribution in [-0.2, 0) is 0 Å². The third kappa shape index (κ3) is 3.50. The minimum Gasteiger partial charge on any atom is -0.378 e. The van der Waals surface area contributed by atoms with Crippen LogP contribution in [0.25, 0.3) is 10.9 Å². The first-order valence-corrected chi connectivity index (χ1v) is 10.6. The number of aromatic nitrogens is 2. The van der Waals surface area contributed by atoms with Gasteiger partial charge in [-0.2, -0.15) is 0 Å². The molecule has 150 valence electrons. The molecule has 2 aromatic carbocycles. The zero-order valence-electron chi connectivity index (χ0n) is 17.6. The summed E-state index contributed by atoms with van der Waals surface area (Å²) >= 11 is 0. The molecule has 1 aliphatic carbocycles. The summed E-state index contributed by atoms with van der Waals surface area (Å²) < 4.78 is 0. The fraction of sp³-hybridized carbons (Fsp3) is 0.417. The highest BCUT2D eigenvalue weighted by atomic mass is 15.3. The Balaban J connectivity index is 1.47. The normalized spacial score (nSPS) is 17.1. The Labute approximate surface area is 173 Å². The first kappa shape index (κ1) is 18.2. The highest BCUT2D eigenvalue weighted by molar-refractivity contribution is 5.92. The highest BCUT2D eigenvalue weighted by Gasteiger charge is 2.29. The van der Waals surface area contributed by atoms with Gasteiger partial charge in [0, 0.05) is 63.0 Å². The summed E-state index contributed by atoms with van der Waals surface area (Å²) in [7, 11) is 4.17. The average Bonchev–Trinajstić information content (AvgIpc) is 3.58. The highest BCUT2D eigenvalue weighted by Crippen LogP contribution is 2.40. The van der Waals surface area contributed by atoms with Crippen LogP contribution >= 0.6 is 0 Å². The van der Waals surface area contributed by atoms with Gasteiger partial charge < -0.3 is 14.7 Å². The second-order valence-corrected chi connectivity index (χ2v) is 8.54. The van der Waals surface area contributed by atoms with E-state index in [1.807, 2.05) is 0 Å². The molecule has 0 bridgehead atoms. The van der Waals surface area contributed by atoms with Crippen molar-refractivity contribution in [2.75, 3.05) is 55.0 Å². The summed E-state index contributed by atoms with van der Waals surface area (Å²) in [4.78, 5) is 17.1. The van der Waals surface area contributed by atoms with Crippen LogP contribution in [0.1, 0.15) is 30.1 Å². The number of nitrogens with zero attached hydrogens (tertiary/aromatic N) is 5. The second-order valence-electron chi connectivity index (χ2n) is 8.54. The largest absolute Gasteiger partial charge is 0.378 e. The summed E-state index contributed by atoms with van der Waals surface area (Å²) in [6.45, 7) is 6.20. The Morgan fingerprint density at radius 2 is 1.62 bits per heavy atom. The van der Waals surface area contributed by atoms with E-state index in [1.54, 1.807) is 0 Å². The summed E-state index contributed by atoms with van der Waals surface area (Å²) in [5, 5.41) is 1.17. The average molecular weight is 388 g/mol. The van der Waals surface area contributed by atoms with Gasteiger partial charge in [-0.25, -0.2) is 9.97 Å². The molecule has 0 atom stereocenters. The van der Waals surface area contributed by atoms with Gasteiger partial charge in [-0.05, 0) is 49.6 Å². The van der Waals surface area contributed by atoms with Crippen LogP contribution in [0, 0.1) is 6.92 Å². The van der Waals surface area contributed by atoms with E-state index in [2.05, 4.69) is 78.2 Å². The molecular weight excluding hydrogens is 358 g/mol. The molecule has 0 radical (unpaired) electrons. The maximum absolute atomic E-state index is 5.08. The van der Waals surface area contributed by atoms with Crippen molar-refractivity contribution in [3.63, 3.8) is 0 Å². The molecule has 2 heterocycles. The number of aryl methyl sites for hydroxylation is 1. The lowest BCUT2D eigenvalue weighted by Gasteiger charge is -2.38. The zero-order chi connectivity index (χ0) is 20.0. The first-order chi connectivity index (χ1) is 14.1. The van der Waals surface area contributed by atoms with Crippen LogP contribution in [-0.4, -0.2) is 50.2 Å².